The lowest BCUT2D eigenvalue weighted by Crippen LogP contribution is -2.37. The van der Waals surface area contributed by atoms with Crippen LogP contribution in [0.25, 0.3) is 11.4 Å². The minimum absolute atomic E-state index is 0.842. The zero-order valence-electron chi connectivity index (χ0n) is 12.6. The van der Waals surface area contributed by atoms with Gasteiger partial charge in [0.15, 0.2) is 0 Å². The number of hydrogen-bond donors (Lipinski definition) is 2. The topological polar surface area (TPSA) is 69.8 Å². The third-order valence-corrected chi connectivity index (χ3v) is 3.90. The first-order valence-corrected chi connectivity index (χ1v) is 7.73. The van der Waals surface area contributed by atoms with Crippen LogP contribution in [0.4, 0.5) is 0 Å². The van der Waals surface area contributed by atoms with Crippen molar-refractivity contribution in [2.24, 2.45) is 0 Å². The molecule has 0 saturated carbocycles. The Balaban J connectivity index is 1.65. The minimum atomic E-state index is 0.842. The van der Waals surface area contributed by atoms with E-state index in [1.165, 1.54) is 5.69 Å². The fourth-order valence-corrected chi connectivity index (χ4v) is 2.69. The van der Waals surface area contributed by atoms with Gasteiger partial charge in [-0.05, 0) is 6.42 Å². The fraction of sp³-hybridized carbons (Fsp3) is 0.600. The maximum atomic E-state index is 5.38. The Hall–Kier alpha value is -1.66. The van der Waals surface area contributed by atoms with E-state index in [1.54, 1.807) is 0 Å². The second kappa shape index (κ2) is 6.87. The van der Waals surface area contributed by atoms with Gasteiger partial charge in [0.05, 0.1) is 25.0 Å². The normalized spacial score (nSPS) is 16.4. The van der Waals surface area contributed by atoms with Gasteiger partial charge >= 0.3 is 0 Å². The molecule has 0 aliphatic carbocycles. The number of hydrogen-bond acceptors (Lipinski definition) is 4. The van der Waals surface area contributed by atoms with E-state index in [9.17, 15) is 0 Å². The number of aromatic nitrogens is 4. The number of nitrogens with zero attached hydrogens (tertiary/aromatic N) is 3. The summed E-state index contributed by atoms with van der Waals surface area (Å²) in [6.45, 7) is 6.92. The van der Waals surface area contributed by atoms with Gasteiger partial charge < -0.3 is 9.72 Å². The van der Waals surface area contributed by atoms with Gasteiger partial charge in [-0.3, -0.25) is 10.00 Å². The Labute approximate surface area is 124 Å². The Morgan fingerprint density at radius 1 is 1.24 bits per heavy atom. The third-order valence-electron chi connectivity index (χ3n) is 3.90. The molecule has 21 heavy (non-hydrogen) atoms. The second-order valence-corrected chi connectivity index (χ2v) is 5.47. The van der Waals surface area contributed by atoms with Crippen molar-refractivity contribution >= 4 is 0 Å². The predicted molar refractivity (Wildman–Crippen MR) is 81.1 cm³/mol. The van der Waals surface area contributed by atoms with Crippen molar-refractivity contribution in [3.05, 3.63) is 23.8 Å². The highest BCUT2D eigenvalue weighted by Crippen LogP contribution is 2.20. The van der Waals surface area contributed by atoms with E-state index in [1.807, 2.05) is 12.4 Å². The molecule has 3 heterocycles. The van der Waals surface area contributed by atoms with E-state index in [0.29, 0.717) is 0 Å². The molecule has 1 saturated heterocycles. The molecule has 3 rings (SSSR count). The summed E-state index contributed by atoms with van der Waals surface area (Å²) in [4.78, 5) is 10.3. The predicted octanol–water partition coefficient (Wildman–Crippen LogP) is 1.63. The smallest absolute Gasteiger partial charge is 0.140 e. The first-order valence-electron chi connectivity index (χ1n) is 7.73. The van der Waals surface area contributed by atoms with E-state index in [-0.39, 0.29) is 0 Å². The summed E-state index contributed by atoms with van der Waals surface area (Å²) in [7, 11) is 0. The lowest BCUT2D eigenvalue weighted by molar-refractivity contribution is 0.0383. The molecular weight excluding hydrogens is 266 g/mol. The number of rotatable bonds is 6. The molecule has 1 aliphatic heterocycles. The summed E-state index contributed by atoms with van der Waals surface area (Å²) in [5, 5.41) is 7.31. The van der Waals surface area contributed by atoms with Crippen LogP contribution >= 0.6 is 0 Å². The van der Waals surface area contributed by atoms with Gasteiger partial charge in [0.2, 0.25) is 0 Å². The zero-order valence-corrected chi connectivity index (χ0v) is 12.6. The monoisotopic (exact) mass is 289 g/mol. The summed E-state index contributed by atoms with van der Waals surface area (Å²) >= 11 is 0. The van der Waals surface area contributed by atoms with Crippen molar-refractivity contribution in [1.82, 2.24) is 25.1 Å². The largest absolute Gasteiger partial charge is 0.379 e. The van der Waals surface area contributed by atoms with Gasteiger partial charge in [-0.2, -0.15) is 5.10 Å². The molecule has 1 aliphatic rings. The first-order chi connectivity index (χ1) is 10.4. The lowest BCUT2D eigenvalue weighted by Gasteiger charge is -2.26. The van der Waals surface area contributed by atoms with Crippen LogP contribution in [0.5, 0.6) is 0 Å². The summed E-state index contributed by atoms with van der Waals surface area (Å²) in [5.74, 6) is 0.921. The Bertz CT molecular complexity index is 556. The molecule has 0 amide bonds. The van der Waals surface area contributed by atoms with Gasteiger partial charge in [-0.15, -0.1) is 0 Å². The van der Waals surface area contributed by atoms with Crippen LogP contribution in [0.2, 0.25) is 0 Å². The van der Waals surface area contributed by atoms with Crippen molar-refractivity contribution in [3.63, 3.8) is 0 Å². The number of aromatic amines is 2. The average molecular weight is 289 g/mol. The van der Waals surface area contributed by atoms with Crippen molar-refractivity contribution in [2.45, 2.75) is 26.2 Å². The van der Waals surface area contributed by atoms with Crippen LogP contribution < -0.4 is 0 Å². The molecule has 6 heteroatoms. The molecule has 0 bridgehead atoms. The molecule has 1 fully saturated rings. The second-order valence-electron chi connectivity index (χ2n) is 5.47. The molecular formula is C15H23N5O. The van der Waals surface area contributed by atoms with Crippen molar-refractivity contribution < 1.29 is 4.74 Å². The van der Waals surface area contributed by atoms with Crippen LogP contribution in [-0.2, 0) is 17.6 Å². The molecule has 0 spiro atoms. The van der Waals surface area contributed by atoms with E-state index < -0.39 is 0 Å². The Kier molecular flexibility index (Phi) is 4.67. The van der Waals surface area contributed by atoms with Crippen LogP contribution in [0, 0.1) is 0 Å². The van der Waals surface area contributed by atoms with Crippen molar-refractivity contribution in [1.29, 1.82) is 0 Å². The number of morpholine rings is 1. The minimum Gasteiger partial charge on any atom is -0.379 e. The van der Waals surface area contributed by atoms with E-state index >= 15 is 0 Å². The van der Waals surface area contributed by atoms with Crippen LogP contribution in [0.1, 0.15) is 24.7 Å². The highest BCUT2D eigenvalue weighted by Gasteiger charge is 2.14. The number of H-pyrrole nitrogens is 2. The molecule has 6 nitrogen and oxygen atoms in total. The number of aryl methyl sites for hydroxylation is 1. The molecule has 2 aromatic rings. The average Bonchev–Trinajstić information content (AvgIpc) is 3.15. The molecule has 0 aromatic carbocycles. The van der Waals surface area contributed by atoms with E-state index in [2.05, 4.69) is 32.0 Å². The van der Waals surface area contributed by atoms with Gasteiger partial charge in [0.1, 0.15) is 5.82 Å². The highest BCUT2D eigenvalue weighted by atomic mass is 16.5. The third kappa shape index (κ3) is 3.51. The van der Waals surface area contributed by atoms with Crippen molar-refractivity contribution in [3.8, 4) is 11.4 Å². The summed E-state index contributed by atoms with van der Waals surface area (Å²) in [6.07, 6.45) is 6.91. The molecule has 0 atom stereocenters. The number of nitrogens with one attached hydrogen (secondary N) is 2. The van der Waals surface area contributed by atoms with Crippen LogP contribution in [0.3, 0.4) is 0 Å². The van der Waals surface area contributed by atoms with Gasteiger partial charge in [-0.25, -0.2) is 4.98 Å². The van der Waals surface area contributed by atoms with Crippen molar-refractivity contribution in [2.75, 3.05) is 32.8 Å². The molecule has 2 N–H and O–H groups in total. The van der Waals surface area contributed by atoms with Crippen LogP contribution in [0.15, 0.2) is 12.4 Å². The van der Waals surface area contributed by atoms with Gasteiger partial charge in [0, 0.05) is 43.6 Å². The van der Waals surface area contributed by atoms with Gasteiger partial charge in [-0.1, -0.05) is 13.3 Å². The number of ether oxygens (including phenoxy) is 1. The van der Waals surface area contributed by atoms with Crippen LogP contribution in [-0.4, -0.2) is 57.9 Å². The molecule has 0 radical (unpaired) electrons. The lowest BCUT2D eigenvalue weighted by atomic mass is 10.2. The van der Waals surface area contributed by atoms with E-state index in [4.69, 9.17) is 4.74 Å². The maximum Gasteiger partial charge on any atom is 0.140 e. The van der Waals surface area contributed by atoms with Gasteiger partial charge in [0.25, 0.3) is 0 Å². The maximum absolute atomic E-state index is 5.38. The summed E-state index contributed by atoms with van der Waals surface area (Å²) in [6, 6.07) is 0. The standard InChI is InChI=1S/C15H23N5O/c1-2-3-12-10-16-15(18-12)13-11-17-19-14(13)4-5-20-6-8-21-9-7-20/h10-11H,2-9H2,1H3,(H,16,18)(H,17,19). The quantitative estimate of drug-likeness (QED) is 0.848. The molecule has 0 unspecified atom stereocenters. The zero-order chi connectivity index (χ0) is 14.5. The Morgan fingerprint density at radius 2 is 2.10 bits per heavy atom. The molecule has 114 valence electrons. The highest BCUT2D eigenvalue weighted by molar-refractivity contribution is 5.57. The fourth-order valence-electron chi connectivity index (χ4n) is 2.69. The Morgan fingerprint density at radius 3 is 2.90 bits per heavy atom. The SMILES string of the molecule is CCCc1cnc(-c2cn[nH]c2CCN2CCOCC2)[nH]1. The van der Waals surface area contributed by atoms with E-state index in [0.717, 1.165) is 69.2 Å². The summed E-state index contributed by atoms with van der Waals surface area (Å²) < 4.78 is 5.38. The first kappa shape index (κ1) is 14.3. The number of imidazole rings is 1. The molecule has 2 aromatic heterocycles. The summed E-state index contributed by atoms with van der Waals surface area (Å²) in [5.41, 5.74) is 3.43.